The Kier molecular flexibility index (Phi) is 5.17. The van der Waals surface area contributed by atoms with Crippen LogP contribution in [0.3, 0.4) is 0 Å². The lowest BCUT2D eigenvalue weighted by atomic mass is 10.1. The number of hydrogen-bond acceptors (Lipinski definition) is 3. The number of nitrogens with one attached hydrogen (secondary N) is 1. The van der Waals surface area contributed by atoms with Crippen molar-refractivity contribution >= 4 is 10.2 Å². The van der Waals surface area contributed by atoms with Gasteiger partial charge in [0.15, 0.2) is 0 Å². The third-order valence-electron chi connectivity index (χ3n) is 3.10. The molecule has 0 aromatic heterocycles. The summed E-state index contributed by atoms with van der Waals surface area (Å²) in [4.78, 5) is 0. The van der Waals surface area contributed by atoms with Gasteiger partial charge in [0.1, 0.15) is 0 Å². The van der Waals surface area contributed by atoms with E-state index in [9.17, 15) is 13.5 Å². The molecule has 2 N–H and O–H groups in total. The van der Waals surface area contributed by atoms with Crippen molar-refractivity contribution in [3.63, 3.8) is 0 Å². The van der Waals surface area contributed by atoms with Gasteiger partial charge in [-0.3, -0.25) is 0 Å². The molecule has 1 rings (SSSR count). The SMILES string of the molecule is CCCN(C)S(=O)(=O)NC[C@@H]1CCC[C@@H]1O. The van der Waals surface area contributed by atoms with E-state index in [0.717, 1.165) is 25.7 Å². The van der Waals surface area contributed by atoms with Gasteiger partial charge in [0.05, 0.1) is 6.10 Å². The first-order valence-electron chi connectivity index (χ1n) is 5.86. The molecule has 1 aliphatic rings. The average Bonchev–Trinajstić information content (AvgIpc) is 2.61. The van der Waals surface area contributed by atoms with Crippen molar-refractivity contribution < 1.29 is 13.5 Å². The van der Waals surface area contributed by atoms with Crippen molar-refractivity contribution in [1.29, 1.82) is 0 Å². The molecular formula is C10H22N2O3S. The lowest BCUT2D eigenvalue weighted by molar-refractivity contribution is 0.134. The third-order valence-corrected chi connectivity index (χ3v) is 4.63. The molecule has 0 aromatic rings. The van der Waals surface area contributed by atoms with Gasteiger partial charge in [-0.05, 0) is 25.2 Å². The fourth-order valence-corrected chi connectivity index (χ4v) is 3.08. The van der Waals surface area contributed by atoms with E-state index in [1.54, 1.807) is 7.05 Å². The van der Waals surface area contributed by atoms with E-state index in [-0.39, 0.29) is 12.0 Å². The molecule has 0 unspecified atom stereocenters. The number of rotatable bonds is 6. The summed E-state index contributed by atoms with van der Waals surface area (Å²) in [5.74, 6) is 0.0739. The standard InChI is InChI=1S/C10H22N2O3S/c1-3-7-12(2)16(14,15)11-8-9-5-4-6-10(9)13/h9-11,13H,3-8H2,1-2H3/t9-,10-/m0/s1. The summed E-state index contributed by atoms with van der Waals surface area (Å²) < 4.78 is 27.3. The maximum atomic E-state index is 11.7. The predicted molar refractivity (Wildman–Crippen MR) is 63.2 cm³/mol. The second kappa shape index (κ2) is 5.95. The Morgan fingerprint density at radius 1 is 1.44 bits per heavy atom. The molecule has 0 heterocycles. The molecule has 6 heteroatoms. The van der Waals surface area contributed by atoms with Gasteiger partial charge in [0.2, 0.25) is 0 Å². The number of aliphatic hydroxyl groups is 1. The second-order valence-corrected chi connectivity index (χ2v) is 6.30. The lowest BCUT2D eigenvalue weighted by Crippen LogP contribution is -2.41. The normalized spacial score (nSPS) is 26.5. The largest absolute Gasteiger partial charge is 0.393 e. The van der Waals surface area contributed by atoms with E-state index in [1.165, 1.54) is 4.31 Å². The molecule has 0 radical (unpaired) electrons. The summed E-state index contributed by atoms with van der Waals surface area (Å²) in [7, 11) is -1.79. The summed E-state index contributed by atoms with van der Waals surface area (Å²) in [5.41, 5.74) is 0. The van der Waals surface area contributed by atoms with Crippen LogP contribution in [0.25, 0.3) is 0 Å². The Labute approximate surface area is 98.0 Å². The highest BCUT2D eigenvalue weighted by Gasteiger charge is 2.27. The fraction of sp³-hybridized carbons (Fsp3) is 1.00. The van der Waals surface area contributed by atoms with Crippen LogP contribution in [0.1, 0.15) is 32.6 Å². The summed E-state index contributed by atoms with van der Waals surface area (Å²) in [6.45, 7) is 2.80. The molecule has 2 atom stereocenters. The summed E-state index contributed by atoms with van der Waals surface area (Å²) in [6.07, 6.45) is 3.12. The highest BCUT2D eigenvalue weighted by molar-refractivity contribution is 7.87. The van der Waals surface area contributed by atoms with Crippen molar-refractivity contribution in [3.8, 4) is 0 Å². The zero-order chi connectivity index (χ0) is 12.2. The molecule has 0 aliphatic heterocycles. The highest BCUT2D eigenvalue weighted by Crippen LogP contribution is 2.24. The zero-order valence-corrected chi connectivity index (χ0v) is 10.8. The maximum absolute atomic E-state index is 11.7. The minimum Gasteiger partial charge on any atom is -0.393 e. The Bertz CT molecular complexity index is 305. The second-order valence-electron chi connectivity index (χ2n) is 4.43. The van der Waals surface area contributed by atoms with Crippen LogP contribution < -0.4 is 4.72 Å². The van der Waals surface area contributed by atoms with Crippen LogP contribution in [0.4, 0.5) is 0 Å². The first kappa shape index (κ1) is 13.9. The van der Waals surface area contributed by atoms with Gasteiger partial charge in [-0.15, -0.1) is 0 Å². The third kappa shape index (κ3) is 3.69. The van der Waals surface area contributed by atoms with Gasteiger partial charge in [-0.2, -0.15) is 12.7 Å². The van der Waals surface area contributed by atoms with Gasteiger partial charge >= 0.3 is 0 Å². The predicted octanol–water partition coefficient (Wildman–Crippen LogP) is 0.324. The monoisotopic (exact) mass is 250 g/mol. The fourth-order valence-electron chi connectivity index (χ4n) is 2.01. The van der Waals surface area contributed by atoms with E-state index in [4.69, 9.17) is 0 Å². The Hall–Kier alpha value is -0.170. The van der Waals surface area contributed by atoms with Crippen LogP contribution in [-0.2, 0) is 10.2 Å². The molecule has 1 saturated carbocycles. The topological polar surface area (TPSA) is 69.6 Å². The summed E-state index contributed by atoms with van der Waals surface area (Å²) >= 11 is 0. The number of nitrogens with zero attached hydrogens (tertiary/aromatic N) is 1. The van der Waals surface area contributed by atoms with Crippen LogP contribution in [0, 0.1) is 5.92 Å². The molecule has 0 spiro atoms. The van der Waals surface area contributed by atoms with Gasteiger partial charge < -0.3 is 5.11 Å². The first-order chi connectivity index (χ1) is 7.47. The minimum atomic E-state index is -3.36. The van der Waals surface area contributed by atoms with Crippen molar-refractivity contribution in [2.75, 3.05) is 20.1 Å². The van der Waals surface area contributed by atoms with E-state index < -0.39 is 10.2 Å². The molecule has 0 bridgehead atoms. The Morgan fingerprint density at radius 3 is 2.62 bits per heavy atom. The number of aliphatic hydroxyl groups excluding tert-OH is 1. The van der Waals surface area contributed by atoms with Crippen LogP contribution in [0.2, 0.25) is 0 Å². The van der Waals surface area contributed by atoms with Crippen molar-refractivity contribution in [2.45, 2.75) is 38.7 Å². The Morgan fingerprint density at radius 2 is 2.12 bits per heavy atom. The average molecular weight is 250 g/mol. The van der Waals surface area contributed by atoms with Gasteiger partial charge in [-0.1, -0.05) is 13.3 Å². The van der Waals surface area contributed by atoms with Gasteiger partial charge in [0, 0.05) is 20.1 Å². The number of hydrogen-bond donors (Lipinski definition) is 2. The van der Waals surface area contributed by atoms with E-state index in [1.807, 2.05) is 6.92 Å². The molecule has 0 amide bonds. The first-order valence-corrected chi connectivity index (χ1v) is 7.30. The van der Waals surface area contributed by atoms with Crippen molar-refractivity contribution in [1.82, 2.24) is 9.03 Å². The summed E-state index contributed by atoms with van der Waals surface area (Å²) in [5, 5.41) is 9.58. The molecule has 96 valence electrons. The van der Waals surface area contributed by atoms with E-state index in [2.05, 4.69) is 4.72 Å². The van der Waals surface area contributed by atoms with Crippen molar-refractivity contribution in [2.24, 2.45) is 5.92 Å². The molecule has 1 fully saturated rings. The molecule has 0 saturated heterocycles. The molecule has 0 aromatic carbocycles. The highest BCUT2D eigenvalue weighted by atomic mass is 32.2. The lowest BCUT2D eigenvalue weighted by Gasteiger charge is -2.20. The smallest absolute Gasteiger partial charge is 0.279 e. The van der Waals surface area contributed by atoms with Crippen LogP contribution >= 0.6 is 0 Å². The molecule has 5 nitrogen and oxygen atoms in total. The molecular weight excluding hydrogens is 228 g/mol. The van der Waals surface area contributed by atoms with Crippen LogP contribution in [0.15, 0.2) is 0 Å². The zero-order valence-electron chi connectivity index (χ0n) is 10.0. The van der Waals surface area contributed by atoms with E-state index in [0.29, 0.717) is 13.1 Å². The maximum Gasteiger partial charge on any atom is 0.279 e. The van der Waals surface area contributed by atoms with Crippen molar-refractivity contribution in [3.05, 3.63) is 0 Å². The van der Waals surface area contributed by atoms with Crippen LogP contribution in [0.5, 0.6) is 0 Å². The molecule has 16 heavy (non-hydrogen) atoms. The summed E-state index contributed by atoms with van der Waals surface area (Å²) in [6, 6.07) is 0. The van der Waals surface area contributed by atoms with E-state index >= 15 is 0 Å². The van der Waals surface area contributed by atoms with Crippen LogP contribution in [-0.4, -0.2) is 44.1 Å². The Balaban J connectivity index is 2.41. The van der Waals surface area contributed by atoms with Gasteiger partial charge in [0.25, 0.3) is 10.2 Å². The van der Waals surface area contributed by atoms with Gasteiger partial charge in [-0.25, -0.2) is 4.72 Å². The molecule has 1 aliphatic carbocycles. The quantitative estimate of drug-likeness (QED) is 0.713. The minimum absolute atomic E-state index is 0.0739.